The molecule has 0 aliphatic carbocycles. The van der Waals surface area contributed by atoms with E-state index in [0.29, 0.717) is 12.6 Å². The van der Waals surface area contributed by atoms with Crippen LogP contribution in [-0.4, -0.2) is 84.9 Å². The molecule has 148 valence electrons. The molecule has 25 heavy (non-hydrogen) atoms. The van der Waals surface area contributed by atoms with Crippen molar-refractivity contribution in [2.45, 2.75) is 58.1 Å². The molecule has 2 bridgehead atoms. The second-order valence-electron chi connectivity index (χ2n) is 7.29. The van der Waals surface area contributed by atoms with E-state index in [2.05, 4.69) is 46.2 Å². The first kappa shape index (κ1) is 22.9. The van der Waals surface area contributed by atoms with Crippen LogP contribution in [0.1, 0.15) is 46.5 Å². The van der Waals surface area contributed by atoms with Crippen LogP contribution < -0.4 is 10.6 Å². The second-order valence-corrected chi connectivity index (χ2v) is 7.29. The number of rotatable bonds is 9. The van der Waals surface area contributed by atoms with Crippen LogP contribution in [0.5, 0.6) is 0 Å². The van der Waals surface area contributed by atoms with Crippen LogP contribution in [0.15, 0.2) is 4.99 Å². The minimum absolute atomic E-state index is 0. The third-order valence-electron chi connectivity index (χ3n) is 5.20. The second kappa shape index (κ2) is 11.6. The van der Waals surface area contributed by atoms with Gasteiger partial charge in [-0.1, -0.05) is 26.7 Å². The molecule has 7 heteroatoms. The molecule has 0 saturated carbocycles. The lowest BCUT2D eigenvalue weighted by Gasteiger charge is -2.47. The van der Waals surface area contributed by atoms with E-state index in [-0.39, 0.29) is 24.0 Å². The van der Waals surface area contributed by atoms with E-state index in [1.165, 1.54) is 26.2 Å². The summed E-state index contributed by atoms with van der Waals surface area (Å²) in [5.41, 5.74) is -0.662. The van der Waals surface area contributed by atoms with Crippen molar-refractivity contribution in [2.75, 3.05) is 52.4 Å². The highest BCUT2D eigenvalue weighted by molar-refractivity contribution is 14.0. The maximum absolute atomic E-state index is 10.8. The summed E-state index contributed by atoms with van der Waals surface area (Å²) in [6.07, 6.45) is 3.61. The molecular formula is C18H38IN5O. The summed E-state index contributed by atoms with van der Waals surface area (Å²) in [7, 11) is 0. The van der Waals surface area contributed by atoms with Gasteiger partial charge in [-0.3, -0.25) is 14.8 Å². The molecule has 3 N–H and O–H groups in total. The van der Waals surface area contributed by atoms with Crippen molar-refractivity contribution in [3.8, 4) is 0 Å². The lowest BCUT2D eigenvalue weighted by Crippen LogP contribution is -2.63. The minimum atomic E-state index is -0.662. The van der Waals surface area contributed by atoms with E-state index in [0.717, 1.165) is 51.3 Å². The number of hydrogen-bond donors (Lipinski definition) is 3. The van der Waals surface area contributed by atoms with Crippen molar-refractivity contribution >= 4 is 29.9 Å². The van der Waals surface area contributed by atoms with Gasteiger partial charge >= 0.3 is 0 Å². The predicted molar refractivity (Wildman–Crippen MR) is 116 cm³/mol. The maximum Gasteiger partial charge on any atom is 0.191 e. The summed E-state index contributed by atoms with van der Waals surface area (Å²) < 4.78 is 0. The smallest absolute Gasteiger partial charge is 0.191 e. The Kier molecular flexibility index (Phi) is 10.6. The molecule has 3 rings (SSSR count). The highest BCUT2D eigenvalue weighted by Crippen LogP contribution is 2.20. The van der Waals surface area contributed by atoms with E-state index >= 15 is 0 Å². The fourth-order valence-corrected chi connectivity index (χ4v) is 3.91. The molecule has 0 radical (unpaired) electrons. The standard InChI is InChI=1S/C18H37N5O.HI/c1-4-7-18(24,8-5-2)15-21-17(19-6-3)20-13-16-14-22-9-11-23(16)12-10-22;/h16,24H,4-15H2,1-3H3,(H2,19,20,21);1H. The number of nitrogens with one attached hydrogen (secondary N) is 2. The molecule has 0 aromatic heterocycles. The quantitative estimate of drug-likeness (QED) is 0.273. The number of nitrogens with zero attached hydrogens (tertiary/aromatic N) is 3. The maximum atomic E-state index is 10.8. The summed E-state index contributed by atoms with van der Waals surface area (Å²) in [6.45, 7) is 14.5. The van der Waals surface area contributed by atoms with Crippen molar-refractivity contribution in [3.05, 3.63) is 0 Å². The van der Waals surface area contributed by atoms with E-state index in [9.17, 15) is 5.11 Å². The molecule has 3 fully saturated rings. The van der Waals surface area contributed by atoms with Gasteiger partial charge < -0.3 is 15.7 Å². The molecular weight excluding hydrogens is 429 g/mol. The number of aliphatic hydroxyl groups is 1. The van der Waals surface area contributed by atoms with Crippen LogP contribution in [0.2, 0.25) is 0 Å². The van der Waals surface area contributed by atoms with Gasteiger partial charge in [0.15, 0.2) is 5.96 Å². The molecule has 3 aliphatic rings. The Morgan fingerprint density at radius 1 is 1.08 bits per heavy atom. The zero-order chi connectivity index (χ0) is 17.4. The highest BCUT2D eigenvalue weighted by Gasteiger charge is 2.31. The molecule has 3 aliphatic heterocycles. The van der Waals surface area contributed by atoms with Crippen molar-refractivity contribution in [1.82, 2.24) is 20.4 Å². The Morgan fingerprint density at radius 2 is 1.72 bits per heavy atom. The largest absolute Gasteiger partial charge is 0.388 e. The summed E-state index contributed by atoms with van der Waals surface area (Å²) >= 11 is 0. The topological polar surface area (TPSA) is 63.1 Å². The summed E-state index contributed by atoms with van der Waals surface area (Å²) in [4.78, 5) is 9.82. The zero-order valence-corrected chi connectivity index (χ0v) is 18.6. The molecule has 6 nitrogen and oxygen atoms in total. The molecule has 0 aromatic carbocycles. The van der Waals surface area contributed by atoms with Gasteiger partial charge in [0.1, 0.15) is 0 Å². The normalized spacial score (nSPS) is 26.2. The van der Waals surface area contributed by atoms with Gasteiger partial charge in [0, 0.05) is 51.9 Å². The van der Waals surface area contributed by atoms with Crippen molar-refractivity contribution < 1.29 is 5.11 Å². The summed E-state index contributed by atoms with van der Waals surface area (Å²) in [5.74, 6) is 0.834. The third-order valence-corrected chi connectivity index (χ3v) is 5.20. The van der Waals surface area contributed by atoms with Crippen LogP contribution in [0.25, 0.3) is 0 Å². The van der Waals surface area contributed by atoms with Crippen LogP contribution in [0, 0.1) is 0 Å². The molecule has 0 spiro atoms. The average Bonchev–Trinajstić information content (AvgIpc) is 2.59. The predicted octanol–water partition coefficient (Wildman–Crippen LogP) is 1.49. The molecule has 1 atom stereocenters. The Bertz CT molecular complexity index is 393. The Labute approximate surface area is 170 Å². The SMILES string of the molecule is CCCC(O)(CCC)CN=C(NCC)NCC1CN2CCN1CC2.I. The summed E-state index contributed by atoms with van der Waals surface area (Å²) in [6, 6.07) is 0.571. The van der Waals surface area contributed by atoms with Crippen LogP contribution in [0.4, 0.5) is 0 Å². The number of aliphatic imine (C=N–C) groups is 1. The summed E-state index contributed by atoms with van der Waals surface area (Å²) in [5, 5.41) is 17.6. The van der Waals surface area contributed by atoms with Gasteiger partial charge in [-0.2, -0.15) is 0 Å². The Morgan fingerprint density at radius 3 is 2.20 bits per heavy atom. The van der Waals surface area contributed by atoms with Gasteiger partial charge in [0.05, 0.1) is 12.1 Å². The number of guanidine groups is 1. The Hall–Kier alpha value is -0.120. The lowest BCUT2D eigenvalue weighted by atomic mass is 9.93. The van der Waals surface area contributed by atoms with Crippen LogP contribution >= 0.6 is 24.0 Å². The van der Waals surface area contributed by atoms with E-state index in [1.54, 1.807) is 0 Å². The first-order chi connectivity index (χ1) is 11.6. The van der Waals surface area contributed by atoms with E-state index in [4.69, 9.17) is 0 Å². The Balaban J connectivity index is 0.00000312. The number of fused-ring (bicyclic) bond motifs is 3. The first-order valence-electron chi connectivity index (χ1n) is 9.81. The molecule has 3 heterocycles. The average molecular weight is 467 g/mol. The first-order valence-corrected chi connectivity index (χ1v) is 9.81. The molecule has 3 saturated heterocycles. The minimum Gasteiger partial charge on any atom is -0.388 e. The van der Waals surface area contributed by atoms with Crippen molar-refractivity contribution in [2.24, 2.45) is 4.99 Å². The zero-order valence-electron chi connectivity index (χ0n) is 16.3. The van der Waals surface area contributed by atoms with Crippen molar-refractivity contribution in [3.63, 3.8) is 0 Å². The molecule has 1 unspecified atom stereocenters. The van der Waals surface area contributed by atoms with Gasteiger partial charge in [0.2, 0.25) is 0 Å². The third kappa shape index (κ3) is 7.19. The van der Waals surface area contributed by atoms with Crippen molar-refractivity contribution in [1.29, 1.82) is 0 Å². The lowest BCUT2D eigenvalue weighted by molar-refractivity contribution is 0.0153. The number of halogens is 1. The fraction of sp³-hybridized carbons (Fsp3) is 0.944. The van der Waals surface area contributed by atoms with Crippen LogP contribution in [0.3, 0.4) is 0 Å². The van der Waals surface area contributed by atoms with Gasteiger partial charge in [-0.25, -0.2) is 0 Å². The molecule has 0 aromatic rings. The van der Waals surface area contributed by atoms with Gasteiger partial charge in [-0.15, -0.1) is 24.0 Å². The van der Waals surface area contributed by atoms with Crippen LogP contribution in [-0.2, 0) is 0 Å². The van der Waals surface area contributed by atoms with Gasteiger partial charge in [0.25, 0.3) is 0 Å². The monoisotopic (exact) mass is 467 g/mol. The number of hydrogen-bond acceptors (Lipinski definition) is 4. The fourth-order valence-electron chi connectivity index (χ4n) is 3.91. The van der Waals surface area contributed by atoms with E-state index < -0.39 is 5.60 Å². The van der Waals surface area contributed by atoms with E-state index in [1.807, 2.05) is 0 Å². The molecule has 0 amide bonds. The highest BCUT2D eigenvalue weighted by atomic mass is 127. The van der Waals surface area contributed by atoms with Gasteiger partial charge in [-0.05, 0) is 19.8 Å². The number of piperazine rings is 3.